The standard InChI is InChI=1S/C16H18F3NO3/c1-15(2,3)23-14(22)20-9-11(8-13(20)21)16(18,19)10-4-6-12(17)7-5-10/h4-7,11H,8-9H2,1-3H3. The van der Waals surface area contributed by atoms with Gasteiger partial charge in [0.05, 0.1) is 5.92 Å². The number of imide groups is 1. The van der Waals surface area contributed by atoms with E-state index in [2.05, 4.69) is 0 Å². The Morgan fingerprint density at radius 1 is 1.22 bits per heavy atom. The summed E-state index contributed by atoms with van der Waals surface area (Å²) >= 11 is 0. The van der Waals surface area contributed by atoms with Crippen molar-refractivity contribution in [1.82, 2.24) is 4.90 Å². The van der Waals surface area contributed by atoms with Crippen molar-refractivity contribution in [3.8, 4) is 0 Å². The number of halogens is 3. The monoisotopic (exact) mass is 329 g/mol. The van der Waals surface area contributed by atoms with Crippen molar-refractivity contribution < 1.29 is 27.5 Å². The predicted molar refractivity (Wildman–Crippen MR) is 76.3 cm³/mol. The molecule has 1 aliphatic heterocycles. The van der Waals surface area contributed by atoms with Crippen LogP contribution in [0.1, 0.15) is 32.8 Å². The molecule has 1 saturated heterocycles. The molecule has 2 amide bonds. The van der Waals surface area contributed by atoms with E-state index in [0.29, 0.717) is 4.90 Å². The fourth-order valence-corrected chi connectivity index (χ4v) is 2.35. The molecule has 7 heteroatoms. The Bertz CT molecular complexity index is 608. The molecule has 0 saturated carbocycles. The first-order valence-corrected chi connectivity index (χ1v) is 7.18. The summed E-state index contributed by atoms with van der Waals surface area (Å²) in [6, 6.07) is 3.84. The van der Waals surface area contributed by atoms with Gasteiger partial charge in [-0.15, -0.1) is 0 Å². The van der Waals surface area contributed by atoms with E-state index in [1.807, 2.05) is 0 Å². The van der Waals surface area contributed by atoms with Crippen LogP contribution in [0.25, 0.3) is 0 Å². The number of nitrogens with zero attached hydrogens (tertiary/aromatic N) is 1. The molecule has 1 atom stereocenters. The van der Waals surface area contributed by atoms with Gasteiger partial charge in [-0.25, -0.2) is 22.9 Å². The Morgan fingerprint density at radius 2 is 1.78 bits per heavy atom. The number of carbonyl (C=O) groups excluding carboxylic acids is 2. The summed E-state index contributed by atoms with van der Waals surface area (Å²) in [5.41, 5.74) is -1.21. The van der Waals surface area contributed by atoms with E-state index in [4.69, 9.17) is 4.74 Å². The molecule has 23 heavy (non-hydrogen) atoms. The highest BCUT2D eigenvalue weighted by molar-refractivity contribution is 5.94. The highest BCUT2D eigenvalue weighted by Gasteiger charge is 2.49. The van der Waals surface area contributed by atoms with Crippen LogP contribution < -0.4 is 0 Å². The van der Waals surface area contributed by atoms with Crippen molar-refractivity contribution in [3.63, 3.8) is 0 Å². The summed E-state index contributed by atoms with van der Waals surface area (Å²) in [6.07, 6.45) is -1.40. The van der Waals surface area contributed by atoms with Gasteiger partial charge in [0.15, 0.2) is 0 Å². The van der Waals surface area contributed by atoms with Crippen molar-refractivity contribution in [3.05, 3.63) is 35.6 Å². The first-order chi connectivity index (χ1) is 10.5. The molecule has 0 radical (unpaired) electrons. The van der Waals surface area contributed by atoms with Gasteiger partial charge in [-0.3, -0.25) is 4.79 Å². The van der Waals surface area contributed by atoms with Gasteiger partial charge in [0.25, 0.3) is 5.92 Å². The Labute approximate surface area is 132 Å². The zero-order chi connectivity index (χ0) is 17.4. The molecule has 1 unspecified atom stereocenters. The van der Waals surface area contributed by atoms with Crippen molar-refractivity contribution in [2.24, 2.45) is 5.92 Å². The molecule has 1 aromatic carbocycles. The molecule has 1 heterocycles. The van der Waals surface area contributed by atoms with E-state index in [1.165, 1.54) is 0 Å². The summed E-state index contributed by atoms with van der Waals surface area (Å²) < 4.78 is 46.9. The number of likely N-dealkylation sites (tertiary alicyclic amines) is 1. The normalized spacial score (nSPS) is 19.1. The number of ether oxygens (including phenoxy) is 1. The Hall–Kier alpha value is -2.05. The fraction of sp³-hybridized carbons (Fsp3) is 0.500. The lowest BCUT2D eigenvalue weighted by molar-refractivity contribution is -0.127. The van der Waals surface area contributed by atoms with Crippen LogP contribution in [0.4, 0.5) is 18.0 Å². The van der Waals surface area contributed by atoms with Crippen LogP contribution in [0.3, 0.4) is 0 Å². The Morgan fingerprint density at radius 3 is 2.30 bits per heavy atom. The number of hydrogen-bond acceptors (Lipinski definition) is 3. The second kappa shape index (κ2) is 5.86. The van der Waals surface area contributed by atoms with Crippen LogP contribution in [0, 0.1) is 11.7 Å². The van der Waals surface area contributed by atoms with E-state index in [9.17, 15) is 22.8 Å². The van der Waals surface area contributed by atoms with Gasteiger partial charge in [-0.2, -0.15) is 0 Å². The summed E-state index contributed by atoms with van der Waals surface area (Å²) in [5.74, 6) is -6.04. The average Bonchev–Trinajstić information content (AvgIpc) is 2.80. The Kier molecular flexibility index (Phi) is 4.41. The highest BCUT2D eigenvalue weighted by Crippen LogP contribution is 2.41. The van der Waals surface area contributed by atoms with E-state index in [-0.39, 0.29) is 5.56 Å². The van der Waals surface area contributed by atoms with E-state index >= 15 is 0 Å². The Balaban J connectivity index is 2.15. The second-order valence-electron chi connectivity index (χ2n) is 6.52. The maximum absolute atomic E-state index is 14.5. The molecule has 1 aliphatic rings. The second-order valence-corrected chi connectivity index (χ2v) is 6.52. The molecular formula is C16H18F3NO3. The molecule has 0 spiro atoms. The molecule has 0 aliphatic carbocycles. The third-order valence-corrected chi connectivity index (χ3v) is 3.48. The van der Waals surface area contributed by atoms with E-state index < -0.39 is 48.2 Å². The fourth-order valence-electron chi connectivity index (χ4n) is 2.35. The van der Waals surface area contributed by atoms with Crippen molar-refractivity contribution in [1.29, 1.82) is 0 Å². The molecule has 1 aromatic rings. The summed E-state index contributed by atoms with van der Waals surface area (Å²) in [6.45, 7) is 4.43. The topological polar surface area (TPSA) is 46.6 Å². The smallest absolute Gasteiger partial charge is 0.417 e. The van der Waals surface area contributed by atoms with Gasteiger partial charge in [-0.1, -0.05) is 12.1 Å². The number of alkyl halides is 2. The molecule has 126 valence electrons. The average molecular weight is 329 g/mol. The van der Waals surface area contributed by atoms with E-state index in [1.54, 1.807) is 20.8 Å². The molecule has 0 N–H and O–H groups in total. The lowest BCUT2D eigenvalue weighted by Gasteiger charge is -2.25. The van der Waals surface area contributed by atoms with Gasteiger partial charge in [0.1, 0.15) is 11.4 Å². The van der Waals surface area contributed by atoms with Crippen molar-refractivity contribution in [2.75, 3.05) is 6.54 Å². The number of carbonyl (C=O) groups is 2. The number of hydrogen-bond donors (Lipinski definition) is 0. The predicted octanol–water partition coefficient (Wildman–Crippen LogP) is 3.70. The lowest BCUT2D eigenvalue weighted by Crippen LogP contribution is -2.38. The highest BCUT2D eigenvalue weighted by atomic mass is 19.3. The lowest BCUT2D eigenvalue weighted by atomic mass is 9.94. The molecule has 0 bridgehead atoms. The van der Waals surface area contributed by atoms with Crippen LogP contribution in [0.15, 0.2) is 24.3 Å². The third kappa shape index (κ3) is 3.83. The SMILES string of the molecule is CC(C)(C)OC(=O)N1CC(C(F)(F)c2ccc(F)cc2)CC1=O. The molecule has 4 nitrogen and oxygen atoms in total. The first kappa shape index (κ1) is 17.3. The number of benzene rings is 1. The maximum Gasteiger partial charge on any atom is 0.417 e. The van der Waals surface area contributed by atoms with Gasteiger partial charge >= 0.3 is 6.09 Å². The summed E-state index contributed by atoms with van der Waals surface area (Å²) in [7, 11) is 0. The summed E-state index contributed by atoms with van der Waals surface area (Å²) in [5, 5.41) is 0. The van der Waals surface area contributed by atoms with Crippen molar-refractivity contribution >= 4 is 12.0 Å². The minimum Gasteiger partial charge on any atom is -0.443 e. The van der Waals surface area contributed by atoms with Gasteiger partial charge in [0, 0.05) is 18.5 Å². The first-order valence-electron chi connectivity index (χ1n) is 7.18. The minimum atomic E-state index is -3.35. The minimum absolute atomic E-state index is 0.386. The van der Waals surface area contributed by atoms with E-state index in [0.717, 1.165) is 24.3 Å². The van der Waals surface area contributed by atoms with Crippen molar-refractivity contribution in [2.45, 2.75) is 38.7 Å². The van der Waals surface area contributed by atoms with Crippen LogP contribution in [-0.4, -0.2) is 29.0 Å². The summed E-state index contributed by atoms with van der Waals surface area (Å²) in [4.78, 5) is 24.5. The van der Waals surface area contributed by atoms with Gasteiger partial charge in [-0.05, 0) is 32.9 Å². The van der Waals surface area contributed by atoms with Gasteiger partial charge < -0.3 is 4.74 Å². The molecule has 1 fully saturated rings. The molecule has 0 aromatic heterocycles. The van der Waals surface area contributed by atoms with Crippen LogP contribution in [0.5, 0.6) is 0 Å². The van der Waals surface area contributed by atoms with Crippen LogP contribution >= 0.6 is 0 Å². The molecular weight excluding hydrogens is 311 g/mol. The van der Waals surface area contributed by atoms with Crippen LogP contribution in [0.2, 0.25) is 0 Å². The zero-order valence-electron chi connectivity index (χ0n) is 13.1. The third-order valence-electron chi connectivity index (χ3n) is 3.48. The number of rotatable bonds is 2. The number of amides is 2. The molecule has 2 rings (SSSR count). The van der Waals surface area contributed by atoms with Gasteiger partial charge in [0.2, 0.25) is 5.91 Å². The van der Waals surface area contributed by atoms with Crippen LogP contribution in [-0.2, 0) is 15.5 Å². The largest absolute Gasteiger partial charge is 0.443 e. The maximum atomic E-state index is 14.5. The quantitative estimate of drug-likeness (QED) is 0.831. The zero-order valence-corrected chi connectivity index (χ0v) is 13.1.